The molecule has 1 unspecified atom stereocenters. The van der Waals surface area contributed by atoms with Gasteiger partial charge in [-0.2, -0.15) is 0 Å². The second-order valence-electron chi connectivity index (χ2n) is 15.3. The number of quaternary nitrogens is 1. The van der Waals surface area contributed by atoms with E-state index in [0.717, 1.165) is 57.8 Å². The van der Waals surface area contributed by atoms with Crippen molar-refractivity contribution in [2.24, 2.45) is 0 Å². The van der Waals surface area contributed by atoms with E-state index in [1.807, 2.05) is 33.3 Å². The summed E-state index contributed by atoms with van der Waals surface area (Å²) in [4.78, 5) is 37.4. The summed E-state index contributed by atoms with van der Waals surface area (Å²) in [5.74, 6) is -0.936. The van der Waals surface area contributed by atoms with Gasteiger partial charge in [-0.1, -0.05) is 164 Å². The van der Waals surface area contributed by atoms with E-state index in [-0.39, 0.29) is 26.1 Å². The summed E-state index contributed by atoms with van der Waals surface area (Å²) in [6, 6.07) is 0. The van der Waals surface area contributed by atoms with E-state index in [9.17, 15) is 19.0 Å². The molecule has 0 radical (unpaired) electrons. The van der Waals surface area contributed by atoms with Gasteiger partial charge >= 0.3 is 11.9 Å². The number of phosphoric acid groups is 1. The fraction of sp³-hybridized carbons (Fsp3) is 0.696. The lowest BCUT2D eigenvalue weighted by Gasteiger charge is -2.28. The van der Waals surface area contributed by atoms with Crippen LogP contribution < -0.4 is 4.89 Å². The second kappa shape index (κ2) is 38.0. The highest BCUT2D eigenvalue weighted by Crippen LogP contribution is 2.38. The Bertz CT molecular complexity index is 1180. The van der Waals surface area contributed by atoms with Crippen LogP contribution >= 0.6 is 7.82 Å². The standard InChI is InChI=1S/C46H80NO8P/c1-6-8-10-12-14-16-18-20-21-22-23-24-25-27-28-30-32-34-36-38-45(48)52-42-44(43-54-56(50,51)53-41-40-47(3,4)5)55-46(49)39-37-35-33-31-29-26-19-17-15-13-11-9-7-2/h8,10,14,16,20-21,23-24,27-28,32,34,44H,6-7,9,11-13,15,17-19,22,25-26,29-31,33,35-43H2,1-5H3/b10-8+,16-14+,21-20+,24-23+,28-27+,34-32+/t44-/m0/s1. The molecular weight excluding hydrogens is 725 g/mol. The van der Waals surface area contributed by atoms with Crippen molar-refractivity contribution in [3.05, 3.63) is 72.9 Å². The van der Waals surface area contributed by atoms with Crippen LogP contribution in [0, 0.1) is 0 Å². The lowest BCUT2D eigenvalue weighted by Crippen LogP contribution is -2.37. The van der Waals surface area contributed by atoms with E-state index in [1.54, 1.807) is 0 Å². The van der Waals surface area contributed by atoms with E-state index in [4.69, 9.17) is 18.5 Å². The minimum absolute atomic E-state index is 0.0443. The number of carbonyl (C=O) groups is 2. The molecule has 0 saturated heterocycles. The van der Waals surface area contributed by atoms with Gasteiger partial charge in [-0.25, -0.2) is 0 Å². The molecule has 56 heavy (non-hydrogen) atoms. The minimum atomic E-state index is -4.64. The van der Waals surface area contributed by atoms with Gasteiger partial charge in [0.2, 0.25) is 0 Å². The third-order valence-corrected chi connectivity index (χ3v) is 9.72. The molecule has 0 aliphatic rings. The van der Waals surface area contributed by atoms with Gasteiger partial charge in [0, 0.05) is 12.8 Å². The van der Waals surface area contributed by atoms with Gasteiger partial charge in [0.1, 0.15) is 19.8 Å². The monoisotopic (exact) mass is 806 g/mol. The van der Waals surface area contributed by atoms with Gasteiger partial charge in [0.15, 0.2) is 6.10 Å². The smallest absolute Gasteiger partial charge is 0.306 e. The number of ether oxygens (including phenoxy) is 2. The molecule has 0 amide bonds. The zero-order valence-corrected chi connectivity index (χ0v) is 36.9. The third kappa shape index (κ3) is 41.1. The molecule has 0 fully saturated rings. The Kier molecular flexibility index (Phi) is 36.3. The molecule has 2 atom stereocenters. The average molecular weight is 806 g/mol. The van der Waals surface area contributed by atoms with E-state index >= 15 is 0 Å². The van der Waals surface area contributed by atoms with Gasteiger partial charge in [-0.05, 0) is 51.4 Å². The number of carbonyl (C=O) groups excluding carboxylic acids is 2. The first-order valence-electron chi connectivity index (χ1n) is 21.6. The van der Waals surface area contributed by atoms with E-state index in [2.05, 4.69) is 74.6 Å². The van der Waals surface area contributed by atoms with Gasteiger partial charge in [-0.3, -0.25) is 14.2 Å². The highest BCUT2D eigenvalue weighted by atomic mass is 31.2. The van der Waals surface area contributed by atoms with E-state index < -0.39 is 32.5 Å². The fourth-order valence-electron chi connectivity index (χ4n) is 5.39. The van der Waals surface area contributed by atoms with Crippen LogP contribution in [-0.2, 0) is 32.7 Å². The first-order chi connectivity index (χ1) is 27.0. The van der Waals surface area contributed by atoms with Crippen LogP contribution in [0.2, 0.25) is 0 Å². The van der Waals surface area contributed by atoms with Crippen LogP contribution in [0.15, 0.2) is 72.9 Å². The zero-order valence-electron chi connectivity index (χ0n) is 36.1. The van der Waals surface area contributed by atoms with Crippen molar-refractivity contribution < 1.29 is 42.1 Å². The minimum Gasteiger partial charge on any atom is -0.756 e. The quantitative estimate of drug-likeness (QED) is 0.0199. The van der Waals surface area contributed by atoms with Crippen LogP contribution in [0.25, 0.3) is 0 Å². The molecule has 0 saturated carbocycles. The van der Waals surface area contributed by atoms with Crippen molar-refractivity contribution in [1.82, 2.24) is 0 Å². The third-order valence-electron chi connectivity index (χ3n) is 8.75. The molecule has 0 N–H and O–H groups in total. The first-order valence-corrected chi connectivity index (χ1v) is 23.1. The average Bonchev–Trinajstić information content (AvgIpc) is 3.15. The molecule has 10 heteroatoms. The number of rotatable bonds is 38. The molecule has 0 aromatic carbocycles. The van der Waals surface area contributed by atoms with E-state index in [1.165, 1.54) is 57.8 Å². The van der Waals surface area contributed by atoms with Gasteiger partial charge in [0.05, 0.1) is 27.7 Å². The predicted octanol–water partition coefficient (Wildman–Crippen LogP) is 11.6. The summed E-state index contributed by atoms with van der Waals surface area (Å²) in [6.07, 6.45) is 46.6. The van der Waals surface area contributed by atoms with Crippen molar-refractivity contribution in [2.45, 2.75) is 161 Å². The lowest BCUT2D eigenvalue weighted by atomic mass is 10.0. The Hall–Kier alpha value is -2.55. The molecule has 322 valence electrons. The molecular formula is C46H80NO8P. The largest absolute Gasteiger partial charge is 0.756 e. The molecule has 9 nitrogen and oxygen atoms in total. The lowest BCUT2D eigenvalue weighted by molar-refractivity contribution is -0.870. The SMILES string of the molecule is CC/C=C/C/C=C/C/C=C/C/C=C/C/C=C/C/C=C/CCC(=O)OC[C@@H](COP(=O)([O-])OCC[N+](C)(C)C)OC(=O)CCCCCCCCCCCCCCC. The Morgan fingerprint density at radius 2 is 1.02 bits per heavy atom. The summed E-state index contributed by atoms with van der Waals surface area (Å²) in [5.41, 5.74) is 0. The normalized spacial score (nSPS) is 14.3. The van der Waals surface area contributed by atoms with Crippen molar-refractivity contribution >= 4 is 19.8 Å². The summed E-state index contributed by atoms with van der Waals surface area (Å²) < 4.78 is 33.8. The van der Waals surface area contributed by atoms with E-state index in [0.29, 0.717) is 23.9 Å². The Morgan fingerprint density at radius 1 is 0.571 bits per heavy atom. The van der Waals surface area contributed by atoms with Crippen molar-refractivity contribution in [1.29, 1.82) is 0 Å². The molecule has 0 bridgehead atoms. The first kappa shape index (κ1) is 53.5. The van der Waals surface area contributed by atoms with Crippen molar-refractivity contribution in [2.75, 3.05) is 47.5 Å². The highest BCUT2D eigenvalue weighted by molar-refractivity contribution is 7.45. The summed E-state index contributed by atoms with van der Waals surface area (Å²) in [5, 5.41) is 0. The van der Waals surface area contributed by atoms with Crippen molar-refractivity contribution in [3.8, 4) is 0 Å². The summed E-state index contributed by atoms with van der Waals surface area (Å²) in [6.45, 7) is 4.01. The summed E-state index contributed by atoms with van der Waals surface area (Å²) in [7, 11) is 1.12. The van der Waals surface area contributed by atoms with Crippen LogP contribution in [0.4, 0.5) is 0 Å². The molecule has 0 spiro atoms. The van der Waals surface area contributed by atoms with Gasteiger partial charge in [-0.15, -0.1) is 0 Å². The van der Waals surface area contributed by atoms with Gasteiger partial charge < -0.3 is 27.9 Å². The topological polar surface area (TPSA) is 111 Å². The van der Waals surface area contributed by atoms with Crippen LogP contribution in [0.1, 0.15) is 155 Å². The number of unbranched alkanes of at least 4 members (excludes halogenated alkanes) is 12. The number of esters is 2. The van der Waals surface area contributed by atoms with Crippen molar-refractivity contribution in [3.63, 3.8) is 0 Å². The van der Waals surface area contributed by atoms with Crippen LogP contribution in [-0.4, -0.2) is 70.0 Å². The second-order valence-corrected chi connectivity index (χ2v) is 16.7. The predicted molar refractivity (Wildman–Crippen MR) is 231 cm³/mol. The number of allylic oxidation sites excluding steroid dienone is 12. The Labute approximate surface area is 342 Å². The van der Waals surface area contributed by atoms with Gasteiger partial charge in [0.25, 0.3) is 7.82 Å². The summed E-state index contributed by atoms with van der Waals surface area (Å²) >= 11 is 0. The molecule has 0 heterocycles. The maximum absolute atomic E-state index is 12.6. The number of hydrogen-bond donors (Lipinski definition) is 0. The maximum Gasteiger partial charge on any atom is 0.306 e. The zero-order chi connectivity index (χ0) is 41.4. The fourth-order valence-corrected chi connectivity index (χ4v) is 6.11. The number of likely N-dealkylation sites (N-methyl/N-ethyl adjacent to an activating group) is 1. The Balaban J connectivity index is 4.49. The molecule has 0 aliphatic heterocycles. The Morgan fingerprint density at radius 3 is 1.48 bits per heavy atom. The number of phosphoric ester groups is 1. The number of hydrogen-bond acceptors (Lipinski definition) is 8. The number of nitrogens with zero attached hydrogens (tertiary/aromatic N) is 1. The van der Waals surface area contributed by atoms with Crippen LogP contribution in [0.5, 0.6) is 0 Å². The molecule has 0 aliphatic carbocycles. The molecule has 0 rings (SSSR count). The maximum atomic E-state index is 12.6. The highest BCUT2D eigenvalue weighted by Gasteiger charge is 2.21. The molecule has 0 aromatic heterocycles. The molecule has 0 aromatic rings. The van der Waals surface area contributed by atoms with Crippen LogP contribution in [0.3, 0.4) is 0 Å².